The Morgan fingerprint density at radius 3 is 2.22 bits per heavy atom. The molecule has 2 atom stereocenters. The summed E-state index contributed by atoms with van der Waals surface area (Å²) >= 11 is 0. The summed E-state index contributed by atoms with van der Waals surface area (Å²) in [6.07, 6.45) is 0.578. The minimum atomic E-state index is -0.213. The van der Waals surface area contributed by atoms with Gasteiger partial charge in [0, 0.05) is 32.2 Å². The van der Waals surface area contributed by atoms with Gasteiger partial charge in [0.15, 0.2) is 6.23 Å². The molecule has 6 heteroatoms. The normalized spacial score (nSPS) is 17.8. The van der Waals surface area contributed by atoms with Crippen LogP contribution in [0.5, 0.6) is 0 Å². The Bertz CT molecular complexity index is 813. The van der Waals surface area contributed by atoms with Crippen LogP contribution >= 0.6 is 0 Å². The summed E-state index contributed by atoms with van der Waals surface area (Å²) in [5.41, 5.74) is 3.08. The molecular formula is C21H26N4O2. The first-order valence-corrected chi connectivity index (χ1v) is 9.65. The zero-order valence-electron chi connectivity index (χ0n) is 15.7. The predicted molar refractivity (Wildman–Crippen MR) is 104 cm³/mol. The average Bonchev–Trinajstić information content (AvgIpc) is 3.16. The maximum absolute atomic E-state index is 6.08. The van der Waals surface area contributed by atoms with Crippen molar-refractivity contribution in [2.75, 3.05) is 32.9 Å². The SMILES string of the molecule is CCOC(CC(c1ccccc1)N1CCOCC1)n1nc2ccccc2n1. The zero-order chi connectivity index (χ0) is 18.5. The molecule has 27 heavy (non-hydrogen) atoms. The summed E-state index contributed by atoms with van der Waals surface area (Å²) in [6, 6.07) is 18.8. The van der Waals surface area contributed by atoms with E-state index >= 15 is 0 Å². The fourth-order valence-corrected chi connectivity index (χ4v) is 3.68. The molecule has 1 saturated heterocycles. The van der Waals surface area contributed by atoms with Crippen molar-refractivity contribution in [1.82, 2.24) is 19.9 Å². The van der Waals surface area contributed by atoms with Crippen molar-refractivity contribution in [2.24, 2.45) is 0 Å². The summed E-state index contributed by atoms with van der Waals surface area (Å²) in [4.78, 5) is 4.22. The van der Waals surface area contributed by atoms with Crippen LogP contribution in [0.1, 0.15) is 31.2 Å². The summed E-state index contributed by atoms with van der Waals surface area (Å²) in [5, 5.41) is 9.32. The second-order valence-electron chi connectivity index (χ2n) is 6.73. The molecule has 2 unspecified atom stereocenters. The van der Waals surface area contributed by atoms with Gasteiger partial charge in [0.05, 0.1) is 13.2 Å². The molecule has 0 N–H and O–H groups in total. The molecule has 6 nitrogen and oxygen atoms in total. The van der Waals surface area contributed by atoms with Crippen molar-refractivity contribution < 1.29 is 9.47 Å². The van der Waals surface area contributed by atoms with E-state index in [1.807, 2.05) is 31.2 Å². The molecule has 0 radical (unpaired) electrons. The van der Waals surface area contributed by atoms with E-state index in [0.29, 0.717) is 6.61 Å². The highest BCUT2D eigenvalue weighted by Crippen LogP contribution is 2.31. The van der Waals surface area contributed by atoms with Gasteiger partial charge in [-0.1, -0.05) is 42.5 Å². The first kappa shape index (κ1) is 18.1. The highest BCUT2D eigenvalue weighted by Gasteiger charge is 2.28. The van der Waals surface area contributed by atoms with Crippen molar-refractivity contribution in [3.8, 4) is 0 Å². The highest BCUT2D eigenvalue weighted by molar-refractivity contribution is 5.72. The quantitative estimate of drug-likeness (QED) is 0.641. The van der Waals surface area contributed by atoms with Gasteiger partial charge in [-0.15, -0.1) is 0 Å². The molecule has 1 fully saturated rings. The van der Waals surface area contributed by atoms with Gasteiger partial charge in [0.2, 0.25) is 0 Å². The molecule has 3 aromatic rings. The molecule has 1 aromatic heterocycles. The van der Waals surface area contributed by atoms with Crippen LogP contribution in [-0.2, 0) is 9.47 Å². The van der Waals surface area contributed by atoms with Crippen molar-refractivity contribution in [3.05, 3.63) is 60.2 Å². The number of hydrogen-bond donors (Lipinski definition) is 0. The molecule has 1 aliphatic heterocycles. The lowest BCUT2D eigenvalue weighted by Gasteiger charge is -2.36. The first-order chi connectivity index (χ1) is 13.3. The van der Waals surface area contributed by atoms with Gasteiger partial charge in [-0.3, -0.25) is 4.90 Å². The fourth-order valence-electron chi connectivity index (χ4n) is 3.68. The van der Waals surface area contributed by atoms with Gasteiger partial charge in [0.1, 0.15) is 11.0 Å². The first-order valence-electron chi connectivity index (χ1n) is 9.65. The monoisotopic (exact) mass is 366 g/mol. The standard InChI is InChI=1S/C21H26N4O2/c1-2-27-21(25-22-18-10-6-7-11-19(18)23-25)16-20(17-8-4-3-5-9-17)24-12-14-26-15-13-24/h3-11,20-21H,2,12-16H2,1H3. The van der Waals surface area contributed by atoms with Crippen LogP contribution in [-0.4, -0.2) is 52.8 Å². The van der Waals surface area contributed by atoms with Crippen LogP contribution in [0.3, 0.4) is 0 Å². The van der Waals surface area contributed by atoms with E-state index in [1.54, 1.807) is 4.80 Å². The van der Waals surface area contributed by atoms with E-state index in [9.17, 15) is 0 Å². The van der Waals surface area contributed by atoms with E-state index in [2.05, 4.69) is 45.4 Å². The topological polar surface area (TPSA) is 52.4 Å². The lowest BCUT2D eigenvalue weighted by molar-refractivity contribution is -0.0475. The Hall–Kier alpha value is -2.28. The van der Waals surface area contributed by atoms with Gasteiger partial charge >= 0.3 is 0 Å². The van der Waals surface area contributed by atoms with Crippen LogP contribution in [0.25, 0.3) is 11.0 Å². The lowest BCUT2D eigenvalue weighted by Crippen LogP contribution is -2.40. The predicted octanol–water partition coefficient (Wildman–Crippen LogP) is 3.43. The number of benzene rings is 2. The summed E-state index contributed by atoms with van der Waals surface area (Å²) in [7, 11) is 0. The van der Waals surface area contributed by atoms with Gasteiger partial charge in [0.25, 0.3) is 0 Å². The Morgan fingerprint density at radius 1 is 0.963 bits per heavy atom. The number of nitrogens with zero attached hydrogens (tertiary/aromatic N) is 4. The minimum Gasteiger partial charge on any atom is -0.379 e. The van der Waals surface area contributed by atoms with Crippen LogP contribution in [0.15, 0.2) is 54.6 Å². The summed E-state index contributed by atoms with van der Waals surface area (Å²) in [5.74, 6) is 0. The molecule has 4 rings (SSSR count). The Balaban J connectivity index is 1.63. The molecule has 0 saturated carbocycles. The third-order valence-electron chi connectivity index (χ3n) is 5.01. The molecular weight excluding hydrogens is 340 g/mol. The summed E-state index contributed by atoms with van der Waals surface area (Å²) in [6.45, 7) is 6.02. The van der Waals surface area contributed by atoms with Crippen LogP contribution < -0.4 is 0 Å². The average molecular weight is 366 g/mol. The Morgan fingerprint density at radius 2 is 1.59 bits per heavy atom. The zero-order valence-corrected chi connectivity index (χ0v) is 15.7. The molecule has 0 amide bonds. The number of morpholine rings is 1. The lowest BCUT2D eigenvalue weighted by atomic mass is 10.0. The molecule has 0 aliphatic carbocycles. The Kier molecular flexibility index (Phi) is 5.77. The summed E-state index contributed by atoms with van der Waals surface area (Å²) < 4.78 is 11.6. The number of fused-ring (bicyclic) bond motifs is 1. The number of aromatic nitrogens is 3. The number of rotatable bonds is 7. The maximum Gasteiger partial charge on any atom is 0.171 e. The number of ether oxygens (including phenoxy) is 2. The van der Waals surface area contributed by atoms with Crippen molar-refractivity contribution in [1.29, 1.82) is 0 Å². The molecule has 2 aromatic carbocycles. The molecule has 0 bridgehead atoms. The van der Waals surface area contributed by atoms with Crippen molar-refractivity contribution in [2.45, 2.75) is 25.6 Å². The van der Waals surface area contributed by atoms with Crippen molar-refractivity contribution in [3.63, 3.8) is 0 Å². The molecule has 2 heterocycles. The fraction of sp³-hybridized carbons (Fsp3) is 0.429. The smallest absolute Gasteiger partial charge is 0.171 e. The molecule has 142 valence electrons. The van der Waals surface area contributed by atoms with Crippen LogP contribution in [0.2, 0.25) is 0 Å². The van der Waals surface area contributed by atoms with E-state index < -0.39 is 0 Å². The van der Waals surface area contributed by atoms with E-state index in [0.717, 1.165) is 43.8 Å². The van der Waals surface area contributed by atoms with E-state index in [-0.39, 0.29) is 12.3 Å². The number of hydrogen-bond acceptors (Lipinski definition) is 5. The maximum atomic E-state index is 6.08. The second kappa shape index (κ2) is 8.61. The van der Waals surface area contributed by atoms with Gasteiger partial charge in [-0.2, -0.15) is 15.0 Å². The molecule has 1 aliphatic rings. The second-order valence-corrected chi connectivity index (χ2v) is 6.73. The van der Waals surface area contributed by atoms with Crippen LogP contribution in [0, 0.1) is 0 Å². The van der Waals surface area contributed by atoms with Gasteiger partial charge in [-0.25, -0.2) is 0 Å². The minimum absolute atomic E-state index is 0.213. The largest absolute Gasteiger partial charge is 0.379 e. The third-order valence-corrected chi connectivity index (χ3v) is 5.01. The van der Waals surface area contributed by atoms with Gasteiger partial charge < -0.3 is 9.47 Å². The Labute approximate surface area is 159 Å². The van der Waals surface area contributed by atoms with Crippen molar-refractivity contribution >= 4 is 11.0 Å². The third kappa shape index (κ3) is 4.18. The highest BCUT2D eigenvalue weighted by atomic mass is 16.5. The van der Waals surface area contributed by atoms with Gasteiger partial charge in [-0.05, 0) is 24.6 Å². The van der Waals surface area contributed by atoms with Crippen LogP contribution in [0.4, 0.5) is 0 Å². The van der Waals surface area contributed by atoms with E-state index in [1.165, 1.54) is 5.56 Å². The van der Waals surface area contributed by atoms with E-state index in [4.69, 9.17) is 9.47 Å². The molecule has 0 spiro atoms.